The van der Waals surface area contributed by atoms with Gasteiger partial charge in [-0.15, -0.1) is 0 Å². The Morgan fingerprint density at radius 2 is 2.16 bits per heavy atom. The number of amides is 1. The number of hydrogen-bond acceptors (Lipinski definition) is 2. The van der Waals surface area contributed by atoms with Gasteiger partial charge >= 0.3 is 0 Å². The summed E-state index contributed by atoms with van der Waals surface area (Å²) in [5.41, 5.74) is 0.970. The molecular formula is C14H22ClN3O. The summed E-state index contributed by atoms with van der Waals surface area (Å²) < 4.78 is 1.80. The summed E-state index contributed by atoms with van der Waals surface area (Å²) >= 11 is 6.26. The van der Waals surface area contributed by atoms with E-state index in [1.807, 2.05) is 25.8 Å². The molecule has 0 aromatic carbocycles. The van der Waals surface area contributed by atoms with Crippen LogP contribution in [0.25, 0.3) is 0 Å². The van der Waals surface area contributed by atoms with E-state index in [4.69, 9.17) is 11.6 Å². The van der Waals surface area contributed by atoms with Crippen molar-refractivity contribution in [2.75, 3.05) is 6.54 Å². The zero-order valence-corrected chi connectivity index (χ0v) is 12.7. The predicted octanol–water partition coefficient (Wildman–Crippen LogP) is 3.17. The van der Waals surface area contributed by atoms with Crippen LogP contribution in [0.3, 0.4) is 0 Å². The Morgan fingerprint density at radius 1 is 1.42 bits per heavy atom. The summed E-state index contributed by atoms with van der Waals surface area (Å²) in [4.78, 5) is 14.4. The highest BCUT2D eigenvalue weighted by Gasteiger charge is 2.31. The first-order valence-corrected chi connectivity index (χ1v) is 7.38. The number of rotatable bonds is 2. The second-order valence-corrected chi connectivity index (χ2v) is 5.96. The van der Waals surface area contributed by atoms with E-state index in [2.05, 4.69) is 5.10 Å². The van der Waals surface area contributed by atoms with Gasteiger partial charge in [-0.3, -0.25) is 9.48 Å². The van der Waals surface area contributed by atoms with Crippen molar-refractivity contribution in [3.05, 3.63) is 16.9 Å². The third-order valence-corrected chi connectivity index (χ3v) is 4.07. The lowest BCUT2D eigenvalue weighted by atomic mass is 10.0. The fraction of sp³-hybridized carbons (Fsp3) is 0.714. The molecule has 5 heteroatoms. The van der Waals surface area contributed by atoms with E-state index < -0.39 is 0 Å². The van der Waals surface area contributed by atoms with Gasteiger partial charge in [0.1, 0.15) is 0 Å². The van der Waals surface area contributed by atoms with E-state index in [0.717, 1.165) is 31.5 Å². The topological polar surface area (TPSA) is 38.1 Å². The van der Waals surface area contributed by atoms with Crippen LogP contribution < -0.4 is 0 Å². The van der Waals surface area contributed by atoms with Crippen LogP contribution in [0.2, 0.25) is 5.02 Å². The Bertz CT molecular complexity index is 436. The van der Waals surface area contributed by atoms with Gasteiger partial charge in [0.15, 0.2) is 0 Å². The third kappa shape index (κ3) is 2.94. The fourth-order valence-corrected chi connectivity index (χ4v) is 3.07. The van der Waals surface area contributed by atoms with Crippen molar-refractivity contribution in [2.24, 2.45) is 13.0 Å². The molecule has 1 aliphatic heterocycles. The quantitative estimate of drug-likeness (QED) is 0.836. The highest BCUT2D eigenvalue weighted by Crippen LogP contribution is 2.34. The van der Waals surface area contributed by atoms with Gasteiger partial charge in [0.25, 0.3) is 0 Å². The van der Waals surface area contributed by atoms with E-state index in [9.17, 15) is 4.79 Å². The summed E-state index contributed by atoms with van der Waals surface area (Å²) in [5.74, 6) is 0.233. The molecule has 0 bridgehead atoms. The first-order valence-electron chi connectivity index (χ1n) is 7.00. The molecule has 1 aliphatic rings. The highest BCUT2D eigenvalue weighted by atomic mass is 35.5. The summed E-state index contributed by atoms with van der Waals surface area (Å²) in [6, 6.07) is 0.0670. The molecule has 0 radical (unpaired) electrons. The Balaban J connectivity index is 2.35. The van der Waals surface area contributed by atoms with E-state index in [-0.39, 0.29) is 17.9 Å². The van der Waals surface area contributed by atoms with E-state index in [1.54, 1.807) is 10.9 Å². The number of aromatic nitrogens is 2. The van der Waals surface area contributed by atoms with Gasteiger partial charge in [-0.2, -0.15) is 5.10 Å². The zero-order valence-electron chi connectivity index (χ0n) is 11.9. The number of aryl methyl sites for hydroxylation is 1. The maximum Gasteiger partial charge on any atom is 0.225 e. The lowest BCUT2D eigenvalue weighted by molar-refractivity contribution is -0.137. The molecule has 1 atom stereocenters. The molecule has 19 heavy (non-hydrogen) atoms. The number of hydrogen-bond donors (Lipinski definition) is 0. The van der Waals surface area contributed by atoms with Crippen LogP contribution in [0.1, 0.15) is 51.3 Å². The predicted molar refractivity (Wildman–Crippen MR) is 76.0 cm³/mol. The van der Waals surface area contributed by atoms with Crippen LogP contribution >= 0.6 is 11.6 Å². The molecular weight excluding hydrogens is 262 g/mol. The molecule has 1 saturated heterocycles. The van der Waals surface area contributed by atoms with Gasteiger partial charge in [0.2, 0.25) is 5.91 Å². The number of halogens is 1. The van der Waals surface area contributed by atoms with Gasteiger partial charge < -0.3 is 4.90 Å². The molecule has 0 aliphatic carbocycles. The molecule has 4 nitrogen and oxygen atoms in total. The standard InChI is InChI=1S/C14H22ClN3O/c1-10(2)14(19)18-8-6-4-5-7-12(18)13-11(15)9-16-17(13)3/h9-10,12H,4-8H2,1-3H3. The smallest absolute Gasteiger partial charge is 0.225 e. The van der Waals surface area contributed by atoms with Crippen molar-refractivity contribution in [1.82, 2.24) is 14.7 Å². The minimum absolute atomic E-state index is 0.0209. The Labute approximate surface area is 119 Å². The SMILES string of the molecule is CC(C)C(=O)N1CCCCCC1c1c(Cl)cnn1C. The largest absolute Gasteiger partial charge is 0.334 e. The Hall–Kier alpha value is -1.03. The molecule has 1 fully saturated rings. The van der Waals surface area contributed by atoms with Crippen LogP contribution in [0, 0.1) is 5.92 Å². The van der Waals surface area contributed by atoms with Gasteiger partial charge in [-0.05, 0) is 12.8 Å². The molecule has 2 heterocycles. The summed E-state index contributed by atoms with van der Waals surface area (Å²) in [7, 11) is 1.89. The number of nitrogens with zero attached hydrogens (tertiary/aromatic N) is 3. The van der Waals surface area contributed by atoms with E-state index in [1.165, 1.54) is 6.42 Å². The minimum Gasteiger partial charge on any atom is -0.334 e. The fourth-order valence-electron chi connectivity index (χ4n) is 2.78. The van der Waals surface area contributed by atoms with Crippen LogP contribution in [-0.4, -0.2) is 27.1 Å². The number of likely N-dealkylation sites (tertiary alicyclic amines) is 1. The molecule has 1 unspecified atom stereocenters. The van der Waals surface area contributed by atoms with Gasteiger partial charge in [-0.25, -0.2) is 0 Å². The first-order chi connectivity index (χ1) is 9.02. The first kappa shape index (κ1) is 14.4. The summed E-state index contributed by atoms with van der Waals surface area (Å²) in [6.45, 7) is 4.73. The Kier molecular flexibility index (Phi) is 4.50. The molecule has 2 rings (SSSR count). The molecule has 106 valence electrons. The molecule has 1 aromatic rings. The van der Waals surface area contributed by atoms with Crippen LogP contribution in [-0.2, 0) is 11.8 Å². The number of carbonyl (C=O) groups is 1. The normalized spacial score (nSPS) is 20.7. The van der Waals surface area contributed by atoms with E-state index >= 15 is 0 Å². The van der Waals surface area contributed by atoms with Crippen molar-refractivity contribution >= 4 is 17.5 Å². The monoisotopic (exact) mass is 283 g/mol. The van der Waals surface area contributed by atoms with Crippen molar-refractivity contribution < 1.29 is 4.79 Å². The maximum atomic E-state index is 12.4. The average Bonchev–Trinajstić information content (AvgIpc) is 2.58. The second-order valence-electron chi connectivity index (χ2n) is 5.55. The van der Waals surface area contributed by atoms with Gasteiger partial charge in [0.05, 0.1) is 23.0 Å². The molecule has 1 amide bonds. The molecule has 0 spiro atoms. The number of carbonyl (C=O) groups excluding carboxylic acids is 1. The lowest BCUT2D eigenvalue weighted by Crippen LogP contribution is -2.38. The van der Waals surface area contributed by atoms with Gasteiger partial charge in [-0.1, -0.05) is 38.3 Å². The summed E-state index contributed by atoms with van der Waals surface area (Å²) in [6.07, 6.45) is 6.02. The van der Waals surface area contributed by atoms with Crippen LogP contribution in [0.4, 0.5) is 0 Å². The second kappa shape index (κ2) is 5.95. The van der Waals surface area contributed by atoms with Crippen LogP contribution in [0.5, 0.6) is 0 Å². The molecule has 1 aromatic heterocycles. The van der Waals surface area contributed by atoms with Gasteiger partial charge in [0, 0.05) is 19.5 Å². The highest BCUT2D eigenvalue weighted by molar-refractivity contribution is 6.31. The average molecular weight is 284 g/mol. The van der Waals surface area contributed by atoms with E-state index in [0.29, 0.717) is 5.02 Å². The molecule has 0 saturated carbocycles. The maximum absolute atomic E-state index is 12.4. The lowest BCUT2D eigenvalue weighted by Gasteiger charge is -2.31. The molecule has 0 N–H and O–H groups in total. The zero-order chi connectivity index (χ0) is 14.0. The van der Waals surface area contributed by atoms with Crippen molar-refractivity contribution in [1.29, 1.82) is 0 Å². The third-order valence-electron chi connectivity index (χ3n) is 3.78. The van der Waals surface area contributed by atoms with Crippen LogP contribution in [0.15, 0.2) is 6.20 Å². The van der Waals surface area contributed by atoms with Crippen molar-refractivity contribution in [3.8, 4) is 0 Å². The van der Waals surface area contributed by atoms with Crippen molar-refractivity contribution in [3.63, 3.8) is 0 Å². The van der Waals surface area contributed by atoms with Crippen molar-refractivity contribution in [2.45, 2.75) is 45.6 Å². The Morgan fingerprint density at radius 3 is 2.74 bits per heavy atom. The minimum atomic E-state index is 0.0209. The summed E-state index contributed by atoms with van der Waals surface area (Å²) in [5, 5.41) is 4.87.